The molecule has 1 atom stereocenters. The second kappa shape index (κ2) is 8.79. The van der Waals surface area contributed by atoms with E-state index in [-0.39, 0.29) is 24.7 Å². The summed E-state index contributed by atoms with van der Waals surface area (Å²) in [5.74, 6) is 0.772. The fourth-order valence-electron chi connectivity index (χ4n) is 3.26. The molecule has 2 aromatic rings. The molecule has 2 aliphatic rings. The molecule has 7 heteroatoms. The van der Waals surface area contributed by atoms with Crippen LogP contribution in [-0.4, -0.2) is 37.9 Å². The second-order valence-corrected chi connectivity index (χ2v) is 6.83. The smallest absolute Gasteiger partial charge is 0.253 e. The van der Waals surface area contributed by atoms with Gasteiger partial charge in [-0.2, -0.15) is 0 Å². The minimum Gasteiger partial charge on any atom is -0.454 e. The average Bonchev–Trinajstić information content (AvgIpc) is 3.42. The van der Waals surface area contributed by atoms with Gasteiger partial charge in [-0.25, -0.2) is 0 Å². The molecule has 2 aromatic carbocycles. The summed E-state index contributed by atoms with van der Waals surface area (Å²) >= 11 is 0. The van der Waals surface area contributed by atoms with Crippen molar-refractivity contribution in [3.05, 3.63) is 59.7 Å². The quantitative estimate of drug-likeness (QED) is 0.736. The summed E-state index contributed by atoms with van der Waals surface area (Å²) in [6.45, 7) is 1.41. The lowest BCUT2D eigenvalue weighted by molar-refractivity contribution is -0.111. The number of hydrogen-bond acceptors (Lipinski definition) is 5. The predicted octanol–water partition coefficient (Wildman–Crippen LogP) is 2.98. The SMILES string of the molecule is O=C(C=Cc1ccc2c(c1)OCO2)Nc1ccccc1C(=O)NCC1CCCO1. The van der Waals surface area contributed by atoms with Crippen LogP contribution in [0.4, 0.5) is 5.69 Å². The highest BCUT2D eigenvalue weighted by Gasteiger charge is 2.18. The van der Waals surface area contributed by atoms with Gasteiger partial charge < -0.3 is 24.8 Å². The lowest BCUT2D eigenvalue weighted by atomic mass is 10.1. The maximum atomic E-state index is 12.5. The summed E-state index contributed by atoms with van der Waals surface area (Å²) in [4.78, 5) is 24.9. The average molecular weight is 394 g/mol. The third-order valence-corrected chi connectivity index (χ3v) is 4.77. The molecule has 1 unspecified atom stereocenters. The first-order chi connectivity index (χ1) is 14.2. The number of benzene rings is 2. The first kappa shape index (κ1) is 19.0. The number of amides is 2. The molecule has 150 valence electrons. The Morgan fingerprint density at radius 3 is 2.83 bits per heavy atom. The van der Waals surface area contributed by atoms with Gasteiger partial charge in [-0.1, -0.05) is 18.2 Å². The van der Waals surface area contributed by atoms with Gasteiger partial charge in [0.15, 0.2) is 11.5 Å². The minimum atomic E-state index is -0.331. The van der Waals surface area contributed by atoms with Crippen molar-refractivity contribution in [3.8, 4) is 11.5 Å². The van der Waals surface area contributed by atoms with Gasteiger partial charge in [0.2, 0.25) is 12.7 Å². The maximum Gasteiger partial charge on any atom is 0.253 e. The molecule has 0 spiro atoms. The van der Waals surface area contributed by atoms with Gasteiger partial charge in [-0.15, -0.1) is 0 Å². The van der Waals surface area contributed by atoms with Crippen LogP contribution in [0.5, 0.6) is 11.5 Å². The standard InChI is InChI=1S/C22H22N2O5/c25-21(10-8-15-7-9-19-20(12-15)29-14-28-19)24-18-6-2-1-5-17(18)22(26)23-13-16-4-3-11-27-16/h1-2,5-10,12,16H,3-4,11,13-14H2,(H,23,26)(H,24,25). The normalized spacial score (nSPS) is 17.4. The fourth-order valence-corrected chi connectivity index (χ4v) is 3.26. The zero-order valence-electron chi connectivity index (χ0n) is 15.9. The van der Waals surface area contributed by atoms with Crippen LogP contribution in [0.1, 0.15) is 28.8 Å². The molecule has 0 bridgehead atoms. The van der Waals surface area contributed by atoms with Crippen LogP contribution in [0.2, 0.25) is 0 Å². The van der Waals surface area contributed by atoms with Crippen molar-refractivity contribution in [1.29, 1.82) is 0 Å². The topological polar surface area (TPSA) is 85.9 Å². The molecule has 1 saturated heterocycles. The highest BCUT2D eigenvalue weighted by molar-refractivity contribution is 6.07. The molecule has 2 heterocycles. The van der Waals surface area contributed by atoms with E-state index in [1.807, 2.05) is 6.07 Å². The van der Waals surface area contributed by atoms with E-state index in [4.69, 9.17) is 14.2 Å². The van der Waals surface area contributed by atoms with E-state index in [0.29, 0.717) is 29.3 Å². The van der Waals surface area contributed by atoms with Gasteiger partial charge in [-0.3, -0.25) is 9.59 Å². The Balaban J connectivity index is 1.38. The molecule has 0 aliphatic carbocycles. The Morgan fingerprint density at radius 2 is 1.97 bits per heavy atom. The lowest BCUT2D eigenvalue weighted by Gasteiger charge is -2.13. The van der Waals surface area contributed by atoms with E-state index in [9.17, 15) is 9.59 Å². The van der Waals surface area contributed by atoms with Crippen molar-refractivity contribution in [2.75, 3.05) is 25.3 Å². The monoisotopic (exact) mass is 394 g/mol. The molecule has 0 radical (unpaired) electrons. The van der Waals surface area contributed by atoms with Gasteiger partial charge in [0.1, 0.15) is 0 Å². The molecular formula is C22H22N2O5. The zero-order valence-corrected chi connectivity index (χ0v) is 15.9. The third-order valence-electron chi connectivity index (χ3n) is 4.77. The molecule has 4 rings (SSSR count). The number of nitrogens with one attached hydrogen (secondary N) is 2. The number of rotatable bonds is 6. The number of hydrogen-bond donors (Lipinski definition) is 2. The van der Waals surface area contributed by atoms with Crippen LogP contribution in [0, 0.1) is 0 Å². The molecular weight excluding hydrogens is 372 g/mol. The fraction of sp³-hybridized carbons (Fsp3) is 0.273. The summed E-state index contributed by atoms with van der Waals surface area (Å²) in [6.07, 6.45) is 5.12. The third kappa shape index (κ3) is 4.75. The zero-order chi connectivity index (χ0) is 20.1. The summed E-state index contributed by atoms with van der Waals surface area (Å²) in [5.41, 5.74) is 1.68. The molecule has 0 saturated carbocycles. The minimum absolute atomic E-state index is 0.0605. The van der Waals surface area contributed by atoms with Crippen LogP contribution >= 0.6 is 0 Å². The largest absolute Gasteiger partial charge is 0.454 e. The van der Waals surface area contributed by atoms with Crippen LogP contribution in [0.3, 0.4) is 0 Å². The van der Waals surface area contributed by atoms with E-state index < -0.39 is 0 Å². The molecule has 2 N–H and O–H groups in total. The van der Waals surface area contributed by atoms with E-state index >= 15 is 0 Å². The van der Waals surface area contributed by atoms with Crippen molar-refractivity contribution >= 4 is 23.6 Å². The van der Waals surface area contributed by atoms with Gasteiger partial charge in [-0.05, 0) is 48.7 Å². The first-order valence-electron chi connectivity index (χ1n) is 9.56. The second-order valence-electron chi connectivity index (χ2n) is 6.83. The highest BCUT2D eigenvalue weighted by atomic mass is 16.7. The van der Waals surface area contributed by atoms with Crippen LogP contribution in [-0.2, 0) is 9.53 Å². The van der Waals surface area contributed by atoms with Crippen molar-refractivity contribution < 1.29 is 23.8 Å². The molecule has 0 aromatic heterocycles. The first-order valence-corrected chi connectivity index (χ1v) is 9.56. The molecule has 1 fully saturated rings. The van der Waals surface area contributed by atoms with Gasteiger partial charge >= 0.3 is 0 Å². The van der Waals surface area contributed by atoms with Crippen molar-refractivity contribution in [1.82, 2.24) is 5.32 Å². The summed E-state index contributed by atoms with van der Waals surface area (Å²) in [7, 11) is 0. The number of para-hydroxylation sites is 1. The molecule has 7 nitrogen and oxygen atoms in total. The Hall–Kier alpha value is -3.32. The van der Waals surface area contributed by atoms with E-state index in [0.717, 1.165) is 25.0 Å². The van der Waals surface area contributed by atoms with E-state index in [1.165, 1.54) is 6.08 Å². The number of carbonyl (C=O) groups is 2. The summed E-state index contributed by atoms with van der Waals surface area (Å²) in [6, 6.07) is 12.4. The van der Waals surface area contributed by atoms with Crippen molar-refractivity contribution in [2.24, 2.45) is 0 Å². The Bertz CT molecular complexity index is 935. The van der Waals surface area contributed by atoms with E-state index in [1.54, 1.807) is 42.5 Å². The van der Waals surface area contributed by atoms with Gasteiger partial charge in [0, 0.05) is 19.2 Å². The molecule has 29 heavy (non-hydrogen) atoms. The Labute approximate surface area is 168 Å². The number of ether oxygens (including phenoxy) is 3. The number of carbonyl (C=O) groups excluding carboxylic acids is 2. The van der Waals surface area contributed by atoms with Crippen LogP contribution < -0.4 is 20.1 Å². The van der Waals surface area contributed by atoms with Crippen molar-refractivity contribution in [2.45, 2.75) is 18.9 Å². The van der Waals surface area contributed by atoms with Crippen molar-refractivity contribution in [3.63, 3.8) is 0 Å². The van der Waals surface area contributed by atoms with Crippen LogP contribution in [0.25, 0.3) is 6.08 Å². The van der Waals surface area contributed by atoms with E-state index in [2.05, 4.69) is 10.6 Å². The van der Waals surface area contributed by atoms with Gasteiger partial charge in [0.05, 0.1) is 17.4 Å². The predicted molar refractivity (Wildman–Crippen MR) is 108 cm³/mol. The summed E-state index contributed by atoms with van der Waals surface area (Å²) in [5, 5.41) is 5.65. The molecule has 2 aliphatic heterocycles. The number of anilines is 1. The Kier molecular flexibility index (Phi) is 5.76. The van der Waals surface area contributed by atoms with Crippen LogP contribution in [0.15, 0.2) is 48.5 Å². The highest BCUT2D eigenvalue weighted by Crippen LogP contribution is 2.32. The Morgan fingerprint density at radius 1 is 1.10 bits per heavy atom. The number of fused-ring (bicyclic) bond motifs is 1. The lowest BCUT2D eigenvalue weighted by Crippen LogP contribution is -2.32. The molecule has 2 amide bonds. The maximum absolute atomic E-state index is 12.5. The summed E-state index contributed by atoms with van der Waals surface area (Å²) < 4.78 is 16.1. The van der Waals surface area contributed by atoms with Gasteiger partial charge in [0.25, 0.3) is 5.91 Å².